The largest absolute Gasteiger partial charge is 0.393 e. The molecule has 1 saturated carbocycles. The van der Waals surface area contributed by atoms with Crippen LogP contribution in [0.1, 0.15) is 40.0 Å². The molecule has 1 fully saturated rings. The van der Waals surface area contributed by atoms with Gasteiger partial charge in [0.25, 0.3) is 0 Å². The number of aliphatic hydroxyl groups is 1. The Balaban J connectivity index is 1.99. The Labute approximate surface area is 81.7 Å². The van der Waals surface area contributed by atoms with Crippen LogP contribution in [0.3, 0.4) is 0 Å². The smallest absolute Gasteiger partial charge is 0.0575 e. The summed E-state index contributed by atoms with van der Waals surface area (Å²) in [6, 6.07) is 0.652. The summed E-state index contributed by atoms with van der Waals surface area (Å²) in [6.45, 7) is 7.33. The van der Waals surface area contributed by atoms with Crippen molar-refractivity contribution in [1.82, 2.24) is 5.32 Å². The first-order valence-corrected chi connectivity index (χ1v) is 5.52. The summed E-state index contributed by atoms with van der Waals surface area (Å²) in [5, 5.41) is 13.0. The average molecular weight is 185 g/mol. The molecule has 0 bridgehead atoms. The SMILES string of the molecule is CC(C)C(O)CCNC(C)C1CC1. The van der Waals surface area contributed by atoms with Crippen LogP contribution in [0.15, 0.2) is 0 Å². The van der Waals surface area contributed by atoms with E-state index in [0.29, 0.717) is 12.0 Å². The average Bonchev–Trinajstić information content (AvgIpc) is 2.85. The summed E-state index contributed by atoms with van der Waals surface area (Å²) in [7, 11) is 0. The van der Waals surface area contributed by atoms with Gasteiger partial charge in [-0.15, -0.1) is 0 Å². The molecule has 2 unspecified atom stereocenters. The minimum atomic E-state index is -0.140. The summed E-state index contributed by atoms with van der Waals surface area (Å²) < 4.78 is 0. The highest BCUT2D eigenvalue weighted by atomic mass is 16.3. The number of hydrogen-bond donors (Lipinski definition) is 2. The fourth-order valence-electron chi connectivity index (χ4n) is 1.56. The van der Waals surface area contributed by atoms with Crippen molar-refractivity contribution in [2.45, 2.75) is 52.2 Å². The van der Waals surface area contributed by atoms with Crippen LogP contribution in [0.25, 0.3) is 0 Å². The van der Waals surface area contributed by atoms with E-state index in [-0.39, 0.29) is 6.10 Å². The van der Waals surface area contributed by atoms with Gasteiger partial charge in [-0.1, -0.05) is 13.8 Å². The van der Waals surface area contributed by atoms with E-state index in [9.17, 15) is 5.11 Å². The molecule has 1 aliphatic rings. The highest BCUT2D eigenvalue weighted by Crippen LogP contribution is 2.32. The van der Waals surface area contributed by atoms with E-state index in [0.717, 1.165) is 18.9 Å². The van der Waals surface area contributed by atoms with Crippen molar-refractivity contribution in [3.05, 3.63) is 0 Å². The third-order valence-corrected chi connectivity index (χ3v) is 3.01. The highest BCUT2D eigenvalue weighted by molar-refractivity contribution is 4.83. The second kappa shape index (κ2) is 4.97. The molecule has 2 nitrogen and oxygen atoms in total. The molecule has 0 aromatic heterocycles. The van der Waals surface area contributed by atoms with Gasteiger partial charge in [0.1, 0.15) is 0 Å². The second-order valence-corrected chi connectivity index (χ2v) is 4.68. The van der Waals surface area contributed by atoms with Crippen molar-refractivity contribution in [2.75, 3.05) is 6.54 Å². The van der Waals surface area contributed by atoms with Crippen LogP contribution in [-0.2, 0) is 0 Å². The topological polar surface area (TPSA) is 32.3 Å². The Morgan fingerprint density at radius 1 is 1.31 bits per heavy atom. The molecule has 0 radical (unpaired) electrons. The Hall–Kier alpha value is -0.0800. The molecule has 0 aliphatic heterocycles. The van der Waals surface area contributed by atoms with Crippen LogP contribution in [0.5, 0.6) is 0 Å². The van der Waals surface area contributed by atoms with Crippen LogP contribution >= 0.6 is 0 Å². The molecule has 0 amide bonds. The molecule has 0 heterocycles. The molecular formula is C11H23NO. The summed E-state index contributed by atoms with van der Waals surface area (Å²) in [4.78, 5) is 0. The highest BCUT2D eigenvalue weighted by Gasteiger charge is 2.27. The minimum Gasteiger partial charge on any atom is -0.393 e. The fourth-order valence-corrected chi connectivity index (χ4v) is 1.56. The van der Waals surface area contributed by atoms with Crippen molar-refractivity contribution in [3.63, 3.8) is 0 Å². The standard InChI is InChI=1S/C11H23NO/c1-8(2)11(13)6-7-12-9(3)10-4-5-10/h8-13H,4-7H2,1-3H3. The molecule has 13 heavy (non-hydrogen) atoms. The monoisotopic (exact) mass is 185 g/mol. The van der Waals surface area contributed by atoms with Crippen LogP contribution in [0.4, 0.5) is 0 Å². The zero-order valence-corrected chi connectivity index (χ0v) is 9.09. The van der Waals surface area contributed by atoms with Crippen molar-refractivity contribution in [1.29, 1.82) is 0 Å². The molecule has 0 aromatic rings. The van der Waals surface area contributed by atoms with Crippen molar-refractivity contribution < 1.29 is 5.11 Å². The molecule has 2 heteroatoms. The molecule has 1 rings (SSSR count). The molecular weight excluding hydrogens is 162 g/mol. The maximum absolute atomic E-state index is 9.55. The second-order valence-electron chi connectivity index (χ2n) is 4.68. The first kappa shape index (κ1) is 11.0. The van der Waals surface area contributed by atoms with Gasteiger partial charge in [0, 0.05) is 6.04 Å². The zero-order chi connectivity index (χ0) is 9.84. The van der Waals surface area contributed by atoms with Gasteiger partial charge in [-0.05, 0) is 44.6 Å². The molecule has 0 spiro atoms. The van der Waals surface area contributed by atoms with E-state index < -0.39 is 0 Å². The van der Waals surface area contributed by atoms with E-state index in [4.69, 9.17) is 0 Å². The van der Waals surface area contributed by atoms with Crippen LogP contribution < -0.4 is 5.32 Å². The lowest BCUT2D eigenvalue weighted by atomic mass is 10.0. The number of rotatable bonds is 6. The summed E-state index contributed by atoms with van der Waals surface area (Å²) >= 11 is 0. The Morgan fingerprint density at radius 3 is 2.38 bits per heavy atom. The van der Waals surface area contributed by atoms with Crippen molar-refractivity contribution in [2.24, 2.45) is 11.8 Å². The quantitative estimate of drug-likeness (QED) is 0.661. The van der Waals surface area contributed by atoms with Crippen LogP contribution in [0, 0.1) is 11.8 Å². The fraction of sp³-hybridized carbons (Fsp3) is 1.00. The van der Waals surface area contributed by atoms with Crippen molar-refractivity contribution in [3.8, 4) is 0 Å². The minimum absolute atomic E-state index is 0.140. The van der Waals surface area contributed by atoms with Gasteiger partial charge >= 0.3 is 0 Å². The molecule has 0 saturated heterocycles. The van der Waals surface area contributed by atoms with Gasteiger partial charge < -0.3 is 10.4 Å². The first-order chi connectivity index (χ1) is 6.11. The normalized spacial score (nSPS) is 21.9. The van der Waals surface area contributed by atoms with Gasteiger partial charge in [-0.2, -0.15) is 0 Å². The lowest BCUT2D eigenvalue weighted by Crippen LogP contribution is -2.31. The van der Waals surface area contributed by atoms with Gasteiger partial charge in [-0.3, -0.25) is 0 Å². The summed E-state index contributed by atoms with van der Waals surface area (Å²) in [5.74, 6) is 1.30. The molecule has 0 aromatic carbocycles. The first-order valence-electron chi connectivity index (χ1n) is 5.52. The Morgan fingerprint density at radius 2 is 1.92 bits per heavy atom. The van der Waals surface area contributed by atoms with E-state index in [2.05, 4.69) is 26.1 Å². The van der Waals surface area contributed by atoms with Crippen LogP contribution in [-0.4, -0.2) is 23.8 Å². The third kappa shape index (κ3) is 4.10. The number of aliphatic hydroxyl groups excluding tert-OH is 1. The molecule has 78 valence electrons. The maximum atomic E-state index is 9.55. The molecule has 1 aliphatic carbocycles. The lowest BCUT2D eigenvalue weighted by molar-refractivity contribution is 0.115. The zero-order valence-electron chi connectivity index (χ0n) is 9.09. The maximum Gasteiger partial charge on any atom is 0.0575 e. The Kier molecular flexibility index (Phi) is 4.20. The lowest BCUT2D eigenvalue weighted by Gasteiger charge is -2.17. The predicted octanol–water partition coefficient (Wildman–Crippen LogP) is 1.78. The van der Waals surface area contributed by atoms with E-state index >= 15 is 0 Å². The van der Waals surface area contributed by atoms with E-state index in [1.807, 2.05) is 0 Å². The van der Waals surface area contributed by atoms with E-state index in [1.54, 1.807) is 0 Å². The van der Waals surface area contributed by atoms with Gasteiger partial charge in [0.05, 0.1) is 6.10 Å². The Bertz CT molecular complexity index is 135. The number of nitrogens with one attached hydrogen (secondary N) is 1. The van der Waals surface area contributed by atoms with Gasteiger partial charge in [0.15, 0.2) is 0 Å². The summed E-state index contributed by atoms with van der Waals surface area (Å²) in [5.41, 5.74) is 0. The molecule has 2 N–H and O–H groups in total. The van der Waals surface area contributed by atoms with Crippen LogP contribution in [0.2, 0.25) is 0 Å². The molecule has 2 atom stereocenters. The van der Waals surface area contributed by atoms with Gasteiger partial charge in [-0.25, -0.2) is 0 Å². The number of hydrogen-bond acceptors (Lipinski definition) is 2. The van der Waals surface area contributed by atoms with Gasteiger partial charge in [0.2, 0.25) is 0 Å². The summed E-state index contributed by atoms with van der Waals surface area (Å²) in [6.07, 6.45) is 3.52. The van der Waals surface area contributed by atoms with E-state index in [1.165, 1.54) is 12.8 Å². The third-order valence-electron chi connectivity index (χ3n) is 3.01. The predicted molar refractivity (Wildman–Crippen MR) is 55.7 cm³/mol. The van der Waals surface area contributed by atoms with Crippen molar-refractivity contribution >= 4 is 0 Å².